The van der Waals surface area contributed by atoms with Crippen LogP contribution in [0.5, 0.6) is 0 Å². The van der Waals surface area contributed by atoms with Crippen LogP contribution in [0.25, 0.3) is 0 Å². The maximum Gasteiger partial charge on any atom is 0.0605 e. The number of nitrogens with one attached hydrogen (secondary N) is 1. The van der Waals surface area contributed by atoms with Gasteiger partial charge < -0.3 is 4.90 Å². The second kappa shape index (κ2) is 4.09. The molecule has 0 saturated carbocycles. The van der Waals surface area contributed by atoms with Crippen LogP contribution in [-0.4, -0.2) is 24.2 Å². The monoisotopic (exact) mass is 166 g/mol. The molecule has 0 bridgehead atoms. The van der Waals surface area contributed by atoms with E-state index in [0.29, 0.717) is 0 Å². The Morgan fingerprint density at radius 3 is 2.75 bits per heavy atom. The fraction of sp³-hybridized carbons (Fsp3) is 0.333. The Morgan fingerprint density at radius 1 is 1.42 bits per heavy atom. The highest BCUT2D eigenvalue weighted by Gasteiger charge is 1.95. The van der Waals surface area contributed by atoms with Gasteiger partial charge in [-0.25, -0.2) is 0 Å². The first-order valence-electron chi connectivity index (χ1n) is 3.86. The molecule has 66 valence electrons. The first-order chi connectivity index (χ1) is 5.72. The van der Waals surface area contributed by atoms with Crippen LogP contribution in [0.1, 0.15) is 5.56 Å². The molecule has 0 aliphatic carbocycles. The van der Waals surface area contributed by atoms with Gasteiger partial charge in [-0.15, -0.1) is 0 Å². The fourth-order valence-corrected chi connectivity index (χ4v) is 1.10. The van der Waals surface area contributed by atoms with E-state index in [1.807, 2.05) is 38.4 Å². The average molecular weight is 166 g/mol. The van der Waals surface area contributed by atoms with Gasteiger partial charge in [-0.2, -0.15) is 0 Å². The first kappa shape index (κ1) is 9.03. The number of anilines is 1. The Morgan fingerprint density at radius 2 is 2.17 bits per heavy atom. The van der Waals surface area contributed by atoms with Crippen molar-refractivity contribution >= 4 is 5.69 Å². The van der Waals surface area contributed by atoms with Gasteiger partial charge in [-0.1, -0.05) is 12.1 Å². The van der Waals surface area contributed by atoms with E-state index in [-0.39, 0.29) is 0 Å². The Kier molecular flexibility index (Phi) is 3.08. The lowest BCUT2D eigenvalue weighted by atomic mass is 10.2. The van der Waals surface area contributed by atoms with Crippen molar-refractivity contribution < 1.29 is 5.21 Å². The molecule has 1 rings (SSSR count). The van der Waals surface area contributed by atoms with Crippen LogP contribution < -0.4 is 5.48 Å². The molecule has 3 heteroatoms. The molecule has 0 heterocycles. The van der Waals surface area contributed by atoms with Gasteiger partial charge in [0.25, 0.3) is 0 Å². The molecule has 0 amide bonds. The molecule has 0 saturated heterocycles. The first-order valence-corrected chi connectivity index (χ1v) is 3.86. The van der Waals surface area contributed by atoms with Crippen molar-refractivity contribution in [3.63, 3.8) is 0 Å². The molecule has 1 aromatic rings. The summed E-state index contributed by atoms with van der Waals surface area (Å²) in [5.41, 5.74) is 4.03. The Balaban J connectivity index is 2.72. The summed E-state index contributed by atoms with van der Waals surface area (Å²) in [6, 6.07) is 7.68. The van der Waals surface area contributed by atoms with E-state index in [1.54, 1.807) is 0 Å². The largest absolute Gasteiger partial charge is 0.305 e. The van der Waals surface area contributed by atoms with Crippen LogP contribution in [0, 0.1) is 0 Å². The SMILES string of the molecule is CN(C)Cc1cccc(NO)c1. The fourth-order valence-electron chi connectivity index (χ4n) is 1.10. The molecule has 0 fully saturated rings. The molecule has 0 atom stereocenters. The van der Waals surface area contributed by atoms with Gasteiger partial charge in [0, 0.05) is 6.54 Å². The molecule has 0 radical (unpaired) electrons. The van der Waals surface area contributed by atoms with Gasteiger partial charge in [-0.3, -0.25) is 10.7 Å². The zero-order valence-electron chi connectivity index (χ0n) is 7.41. The number of nitrogens with zero attached hydrogens (tertiary/aromatic N) is 1. The van der Waals surface area contributed by atoms with Crippen molar-refractivity contribution in [1.29, 1.82) is 0 Å². The lowest BCUT2D eigenvalue weighted by molar-refractivity contribution is 0.387. The summed E-state index contributed by atoms with van der Waals surface area (Å²) >= 11 is 0. The summed E-state index contributed by atoms with van der Waals surface area (Å²) in [5.74, 6) is 0. The van der Waals surface area contributed by atoms with Crippen molar-refractivity contribution in [1.82, 2.24) is 4.90 Å². The van der Waals surface area contributed by atoms with E-state index in [0.717, 1.165) is 12.2 Å². The zero-order chi connectivity index (χ0) is 8.97. The van der Waals surface area contributed by atoms with Crippen molar-refractivity contribution in [3.8, 4) is 0 Å². The molecule has 2 N–H and O–H groups in total. The van der Waals surface area contributed by atoms with Gasteiger partial charge in [0.2, 0.25) is 0 Å². The van der Waals surface area contributed by atoms with Crippen LogP contribution >= 0.6 is 0 Å². The quantitative estimate of drug-likeness (QED) is 0.669. The molecule has 0 unspecified atom stereocenters. The lowest BCUT2D eigenvalue weighted by Crippen LogP contribution is -2.10. The normalized spacial score (nSPS) is 10.3. The Bertz CT molecular complexity index is 248. The minimum Gasteiger partial charge on any atom is -0.305 e. The van der Waals surface area contributed by atoms with E-state index < -0.39 is 0 Å². The molecule has 12 heavy (non-hydrogen) atoms. The molecule has 0 spiro atoms. The van der Waals surface area contributed by atoms with Crippen molar-refractivity contribution in [2.75, 3.05) is 19.6 Å². The van der Waals surface area contributed by atoms with Gasteiger partial charge in [-0.05, 0) is 31.8 Å². The highest BCUT2D eigenvalue weighted by molar-refractivity contribution is 5.43. The van der Waals surface area contributed by atoms with E-state index in [1.165, 1.54) is 5.56 Å². The number of benzene rings is 1. The van der Waals surface area contributed by atoms with Crippen LogP contribution in [0.4, 0.5) is 5.69 Å². The zero-order valence-corrected chi connectivity index (χ0v) is 7.41. The summed E-state index contributed by atoms with van der Waals surface area (Å²) in [6.45, 7) is 0.884. The summed E-state index contributed by atoms with van der Waals surface area (Å²) in [5, 5.41) is 8.63. The summed E-state index contributed by atoms with van der Waals surface area (Å²) < 4.78 is 0. The third kappa shape index (κ3) is 2.53. The number of rotatable bonds is 3. The Hall–Kier alpha value is -1.06. The van der Waals surface area contributed by atoms with Gasteiger partial charge >= 0.3 is 0 Å². The molecular formula is C9H14N2O. The van der Waals surface area contributed by atoms with Crippen LogP contribution in [0.2, 0.25) is 0 Å². The second-order valence-corrected chi connectivity index (χ2v) is 3.05. The van der Waals surface area contributed by atoms with E-state index >= 15 is 0 Å². The van der Waals surface area contributed by atoms with Gasteiger partial charge in [0.1, 0.15) is 0 Å². The second-order valence-electron chi connectivity index (χ2n) is 3.05. The summed E-state index contributed by atoms with van der Waals surface area (Å²) in [4.78, 5) is 2.08. The van der Waals surface area contributed by atoms with Crippen LogP contribution in [-0.2, 0) is 6.54 Å². The van der Waals surface area contributed by atoms with Crippen molar-refractivity contribution in [3.05, 3.63) is 29.8 Å². The molecule has 0 aliphatic rings. The van der Waals surface area contributed by atoms with Gasteiger partial charge in [0.15, 0.2) is 0 Å². The molecule has 3 nitrogen and oxygen atoms in total. The maximum absolute atomic E-state index is 8.63. The lowest BCUT2D eigenvalue weighted by Gasteiger charge is -2.10. The minimum atomic E-state index is 0.731. The van der Waals surface area contributed by atoms with Gasteiger partial charge in [0.05, 0.1) is 5.69 Å². The van der Waals surface area contributed by atoms with E-state index in [2.05, 4.69) is 10.4 Å². The molecule has 0 aromatic heterocycles. The van der Waals surface area contributed by atoms with E-state index in [4.69, 9.17) is 5.21 Å². The molecular weight excluding hydrogens is 152 g/mol. The standard InChI is InChI=1S/C9H14N2O/c1-11(2)7-8-4-3-5-9(6-8)10-12/h3-6,10,12H,7H2,1-2H3. The van der Waals surface area contributed by atoms with Crippen LogP contribution in [0.15, 0.2) is 24.3 Å². The Labute approximate surface area is 72.6 Å². The third-order valence-electron chi connectivity index (χ3n) is 1.55. The van der Waals surface area contributed by atoms with Crippen molar-refractivity contribution in [2.24, 2.45) is 0 Å². The minimum absolute atomic E-state index is 0.731. The predicted molar refractivity (Wildman–Crippen MR) is 49.2 cm³/mol. The summed E-state index contributed by atoms with van der Waals surface area (Å²) in [7, 11) is 4.03. The number of hydrogen-bond acceptors (Lipinski definition) is 3. The third-order valence-corrected chi connectivity index (χ3v) is 1.55. The van der Waals surface area contributed by atoms with Crippen molar-refractivity contribution in [2.45, 2.75) is 6.54 Å². The highest BCUT2D eigenvalue weighted by atomic mass is 16.5. The van der Waals surface area contributed by atoms with Crippen LogP contribution in [0.3, 0.4) is 0 Å². The van der Waals surface area contributed by atoms with E-state index in [9.17, 15) is 0 Å². The molecule has 0 aliphatic heterocycles. The summed E-state index contributed by atoms with van der Waals surface area (Å²) in [6.07, 6.45) is 0. The predicted octanol–water partition coefficient (Wildman–Crippen LogP) is 1.55. The average Bonchev–Trinajstić information content (AvgIpc) is 2.03. The number of hydrogen-bond donors (Lipinski definition) is 2. The smallest absolute Gasteiger partial charge is 0.0605 e. The topological polar surface area (TPSA) is 35.5 Å². The highest BCUT2D eigenvalue weighted by Crippen LogP contribution is 2.10. The maximum atomic E-state index is 8.63. The molecule has 1 aromatic carbocycles.